The van der Waals surface area contributed by atoms with E-state index < -0.39 is 12.2 Å². The topological polar surface area (TPSA) is 167 Å². The molecule has 52 heavy (non-hydrogen) atoms. The molecular weight excluding hydrogens is 666 g/mol. The van der Waals surface area contributed by atoms with Gasteiger partial charge in [0.05, 0.1) is 52.4 Å². The second-order valence-electron chi connectivity index (χ2n) is 12.2. The van der Waals surface area contributed by atoms with E-state index in [1.807, 2.05) is 32.9 Å². The Labute approximate surface area is 304 Å². The summed E-state index contributed by atoms with van der Waals surface area (Å²) in [5.41, 5.74) is 8.43. The number of benzene rings is 2. The van der Waals surface area contributed by atoms with E-state index >= 15 is 0 Å². The lowest BCUT2D eigenvalue weighted by Crippen LogP contribution is -2.42. The van der Waals surface area contributed by atoms with Gasteiger partial charge in [-0.1, -0.05) is 50.8 Å². The van der Waals surface area contributed by atoms with E-state index in [2.05, 4.69) is 72.3 Å². The summed E-state index contributed by atoms with van der Waals surface area (Å²) in [6, 6.07) is 12.5. The predicted molar refractivity (Wildman–Crippen MR) is 197 cm³/mol. The highest BCUT2D eigenvalue weighted by atomic mass is 16.5. The number of fused-ring (bicyclic) bond motifs is 3. The zero-order chi connectivity index (χ0) is 37.6. The van der Waals surface area contributed by atoms with Crippen molar-refractivity contribution in [2.24, 2.45) is 0 Å². The number of methoxy groups -OCH3 is 2. The van der Waals surface area contributed by atoms with E-state index in [0.717, 1.165) is 57.6 Å². The number of hydrogen-bond donors (Lipinski definition) is 4. The third kappa shape index (κ3) is 10.4. The largest absolute Gasteiger partial charge is 0.453 e. The first-order valence-corrected chi connectivity index (χ1v) is 17.3. The van der Waals surface area contributed by atoms with Crippen LogP contribution in [0.2, 0.25) is 0 Å². The first kappa shape index (κ1) is 39.2. The van der Waals surface area contributed by atoms with Crippen LogP contribution in [0.25, 0.3) is 28.1 Å². The monoisotopic (exact) mass is 715 g/mol. The van der Waals surface area contributed by atoms with Crippen molar-refractivity contribution in [2.75, 3.05) is 46.9 Å². The number of carbonyl (C=O) groups excluding carboxylic acids is 4. The van der Waals surface area contributed by atoms with E-state index in [1.54, 1.807) is 16.0 Å². The average Bonchev–Trinajstić information content (AvgIpc) is 3.54. The number of ether oxygens (including phenoxy) is 3. The highest BCUT2D eigenvalue weighted by Gasteiger charge is 2.20. The highest BCUT2D eigenvalue weighted by Crippen LogP contribution is 2.35. The summed E-state index contributed by atoms with van der Waals surface area (Å²) in [4.78, 5) is 59.6. The summed E-state index contributed by atoms with van der Waals surface area (Å²) in [7, 11) is 2.51. The molecule has 0 spiro atoms. The fraction of sp³-hybridized carbons (Fsp3) is 0.395. The Kier molecular flexibility index (Phi) is 14.4. The summed E-state index contributed by atoms with van der Waals surface area (Å²) in [5.74, 6) is 0.176. The van der Waals surface area contributed by atoms with Crippen molar-refractivity contribution in [1.29, 1.82) is 0 Å². The molecular formula is C38H49N7O7. The molecule has 0 bridgehead atoms. The first-order chi connectivity index (χ1) is 25.1. The molecule has 1 aromatic heterocycles. The molecule has 4 rings (SSSR count). The van der Waals surface area contributed by atoms with Crippen LogP contribution in [0.3, 0.4) is 0 Å². The van der Waals surface area contributed by atoms with Crippen molar-refractivity contribution >= 4 is 29.7 Å². The van der Waals surface area contributed by atoms with Gasteiger partial charge >= 0.3 is 12.2 Å². The number of H-pyrrole nitrogens is 1. The number of carbonyl (C=O) groups is 4. The standard InChI is InChI=1S/C38H49N7O7/c1-7-14-44(35(46)19-40-37(48)50-5)21-25(4)42-32(9-3)26-10-12-30-28(16-26)23-52-24-29-17-27(11-13-31(29)30)33-18-39-34(43-33)22-45(15-8-2)36(47)20-41-38(49)51-6/h9-13,16-18,42H,4,7-8,14-15,19-24H2,1-3,5-6H3,(H,39,43)(H,40,48)(H,41,49)/b32-9-. The van der Waals surface area contributed by atoms with Gasteiger partial charge in [0, 0.05) is 24.5 Å². The molecule has 0 saturated heterocycles. The minimum atomic E-state index is -0.658. The number of amides is 4. The smallest absolute Gasteiger partial charge is 0.407 e. The molecule has 4 amide bonds. The molecule has 2 heterocycles. The minimum absolute atomic E-state index is 0.158. The lowest BCUT2D eigenvalue weighted by molar-refractivity contribution is -0.131. The molecule has 0 radical (unpaired) electrons. The minimum Gasteiger partial charge on any atom is -0.453 e. The number of hydrogen-bond acceptors (Lipinski definition) is 9. The molecule has 0 atom stereocenters. The Morgan fingerprint density at radius 2 is 1.50 bits per heavy atom. The van der Waals surface area contributed by atoms with Gasteiger partial charge in [-0.25, -0.2) is 14.6 Å². The quantitative estimate of drug-likeness (QED) is 0.161. The number of rotatable bonds is 16. The van der Waals surface area contributed by atoms with Crippen LogP contribution in [-0.2, 0) is 43.6 Å². The van der Waals surface area contributed by atoms with Gasteiger partial charge in [-0.05, 0) is 65.3 Å². The third-order valence-corrected chi connectivity index (χ3v) is 8.42. The number of alkyl carbamates (subject to hydrolysis) is 2. The van der Waals surface area contributed by atoms with Crippen molar-refractivity contribution in [2.45, 2.75) is 53.4 Å². The lowest BCUT2D eigenvalue weighted by atomic mass is 9.93. The number of imidazole rings is 1. The SMILES string of the molecule is C=C(CN(CCC)C(=O)CNC(=O)OC)N/C(=C\C)c1ccc2c(c1)COCc1cc(-c3cnc(CN(CCC)C(=O)CNC(=O)OC)[nH]3)ccc1-2. The van der Waals surface area contributed by atoms with E-state index in [1.165, 1.54) is 14.2 Å². The Hall–Kier alpha value is -5.63. The van der Waals surface area contributed by atoms with Crippen LogP contribution < -0.4 is 16.0 Å². The summed E-state index contributed by atoms with van der Waals surface area (Å²) < 4.78 is 15.3. The summed E-state index contributed by atoms with van der Waals surface area (Å²) in [5, 5.41) is 8.26. The zero-order valence-corrected chi connectivity index (χ0v) is 30.6. The molecule has 1 aliphatic rings. The van der Waals surface area contributed by atoms with Crippen molar-refractivity contribution in [1.82, 2.24) is 35.7 Å². The second kappa shape index (κ2) is 19.1. The van der Waals surface area contributed by atoms with Crippen LogP contribution in [0.1, 0.15) is 56.1 Å². The molecule has 0 unspecified atom stereocenters. The van der Waals surface area contributed by atoms with Gasteiger partial charge in [0.2, 0.25) is 11.8 Å². The van der Waals surface area contributed by atoms with Crippen LogP contribution in [0.5, 0.6) is 0 Å². The van der Waals surface area contributed by atoms with Crippen molar-refractivity contribution in [3.63, 3.8) is 0 Å². The summed E-state index contributed by atoms with van der Waals surface area (Å²) in [6.07, 6.45) is 3.91. The first-order valence-electron chi connectivity index (χ1n) is 17.3. The molecule has 3 aromatic rings. The van der Waals surface area contributed by atoms with E-state index in [0.29, 0.717) is 37.8 Å². The van der Waals surface area contributed by atoms with Gasteiger partial charge in [-0.3, -0.25) is 9.59 Å². The molecule has 0 fully saturated rings. The van der Waals surface area contributed by atoms with E-state index in [4.69, 9.17) is 4.74 Å². The van der Waals surface area contributed by atoms with Crippen LogP contribution >= 0.6 is 0 Å². The third-order valence-electron chi connectivity index (χ3n) is 8.42. The fourth-order valence-electron chi connectivity index (χ4n) is 5.89. The van der Waals surface area contributed by atoms with Crippen molar-refractivity contribution in [3.05, 3.63) is 83.5 Å². The second-order valence-corrected chi connectivity index (χ2v) is 12.2. The fourth-order valence-corrected chi connectivity index (χ4v) is 5.89. The molecule has 14 nitrogen and oxygen atoms in total. The Balaban J connectivity index is 1.46. The Morgan fingerprint density at radius 3 is 2.12 bits per heavy atom. The van der Waals surface area contributed by atoms with Crippen molar-refractivity contribution in [3.8, 4) is 22.4 Å². The van der Waals surface area contributed by atoms with Gasteiger partial charge in [0.25, 0.3) is 0 Å². The highest BCUT2D eigenvalue weighted by molar-refractivity contribution is 5.83. The maximum atomic E-state index is 12.8. The molecule has 2 aromatic carbocycles. The number of nitrogens with one attached hydrogen (secondary N) is 4. The number of allylic oxidation sites excluding steroid dienone is 1. The average molecular weight is 716 g/mol. The van der Waals surface area contributed by atoms with Gasteiger partial charge in [-0.15, -0.1) is 0 Å². The van der Waals surface area contributed by atoms with Gasteiger partial charge in [0.1, 0.15) is 18.9 Å². The van der Waals surface area contributed by atoms with E-state index in [-0.39, 0.29) is 38.0 Å². The van der Waals surface area contributed by atoms with Gasteiger partial charge in [-0.2, -0.15) is 0 Å². The normalized spacial score (nSPS) is 12.1. The van der Waals surface area contributed by atoms with Gasteiger partial charge in [0.15, 0.2) is 0 Å². The van der Waals surface area contributed by atoms with Crippen LogP contribution in [0.15, 0.2) is 60.9 Å². The summed E-state index contributed by atoms with van der Waals surface area (Å²) in [6.45, 7) is 12.2. The van der Waals surface area contributed by atoms with Crippen LogP contribution in [0.4, 0.5) is 9.59 Å². The predicted octanol–water partition coefficient (Wildman–Crippen LogP) is 4.93. The Morgan fingerprint density at radius 1 is 0.904 bits per heavy atom. The van der Waals surface area contributed by atoms with E-state index in [9.17, 15) is 19.2 Å². The molecule has 278 valence electrons. The van der Waals surface area contributed by atoms with Crippen LogP contribution in [0, 0.1) is 0 Å². The number of aromatic nitrogens is 2. The molecule has 1 aliphatic heterocycles. The summed E-state index contributed by atoms with van der Waals surface area (Å²) >= 11 is 0. The van der Waals surface area contributed by atoms with Crippen molar-refractivity contribution < 1.29 is 33.4 Å². The Bertz CT molecular complexity index is 1780. The molecule has 4 N–H and O–H groups in total. The van der Waals surface area contributed by atoms with Crippen LogP contribution in [-0.4, -0.2) is 90.7 Å². The maximum Gasteiger partial charge on any atom is 0.407 e. The maximum absolute atomic E-state index is 12.8. The lowest BCUT2D eigenvalue weighted by Gasteiger charge is -2.25. The molecule has 0 aliphatic carbocycles. The number of nitrogens with zero attached hydrogens (tertiary/aromatic N) is 3. The molecule has 14 heteroatoms. The molecule has 0 saturated carbocycles. The van der Waals surface area contributed by atoms with Gasteiger partial charge < -0.3 is 44.9 Å². The number of aromatic amines is 1. The zero-order valence-electron chi connectivity index (χ0n) is 30.6.